The predicted octanol–water partition coefficient (Wildman–Crippen LogP) is 0.437. The molecule has 0 amide bonds. The zero-order chi connectivity index (χ0) is 15.2. The quantitative estimate of drug-likeness (QED) is 0.842. The Labute approximate surface area is 111 Å². The van der Waals surface area contributed by atoms with Gasteiger partial charge in [0.25, 0.3) is 10.0 Å². The number of carboxylic acid groups (broad SMARTS) is 1. The van der Waals surface area contributed by atoms with Crippen LogP contribution >= 0.6 is 0 Å². The highest BCUT2D eigenvalue weighted by Crippen LogP contribution is 2.46. The Bertz CT molecular complexity index is 613. The lowest BCUT2D eigenvalue weighted by Gasteiger charge is -2.26. The monoisotopic (exact) mass is 313 g/mol. The van der Waals surface area contributed by atoms with E-state index in [1.165, 1.54) is 0 Å². The van der Waals surface area contributed by atoms with Gasteiger partial charge in [-0.1, -0.05) is 0 Å². The maximum absolute atomic E-state index is 12.9. The van der Waals surface area contributed by atoms with Gasteiger partial charge >= 0.3 is 12.1 Å². The molecule has 0 bridgehead atoms. The summed E-state index contributed by atoms with van der Waals surface area (Å²) in [6, 6.07) is 1.09. The number of alkyl halides is 3. The number of nitrogens with one attached hydrogen (secondary N) is 1. The molecule has 11 heteroatoms. The number of hydrogen-bond acceptors (Lipinski definition) is 4. The van der Waals surface area contributed by atoms with Gasteiger partial charge in [-0.05, 0) is 12.5 Å². The van der Waals surface area contributed by atoms with Crippen LogP contribution in [-0.2, 0) is 14.8 Å². The highest BCUT2D eigenvalue weighted by atomic mass is 32.2. The molecule has 1 aliphatic rings. The molecule has 1 saturated heterocycles. The minimum Gasteiger partial charge on any atom is -0.481 e. The van der Waals surface area contributed by atoms with Crippen LogP contribution < -0.4 is 0 Å². The van der Waals surface area contributed by atoms with Gasteiger partial charge in [0.2, 0.25) is 0 Å². The second-order valence-corrected chi connectivity index (χ2v) is 6.30. The Balaban J connectivity index is 2.35. The second kappa shape index (κ2) is 4.45. The van der Waals surface area contributed by atoms with Gasteiger partial charge in [-0.25, -0.2) is 8.42 Å². The second-order valence-electron chi connectivity index (χ2n) is 4.39. The summed E-state index contributed by atoms with van der Waals surface area (Å²) in [6.07, 6.45) is -4.71. The molecule has 20 heavy (non-hydrogen) atoms. The van der Waals surface area contributed by atoms with E-state index in [-0.39, 0.29) is 5.03 Å². The Hall–Kier alpha value is -1.62. The van der Waals surface area contributed by atoms with Crippen LogP contribution in [0.25, 0.3) is 0 Å². The molecule has 1 aromatic rings. The van der Waals surface area contributed by atoms with Crippen molar-refractivity contribution in [2.75, 3.05) is 13.1 Å². The first-order chi connectivity index (χ1) is 9.11. The maximum Gasteiger partial charge on any atom is 0.406 e. The molecule has 7 nitrogen and oxygen atoms in total. The molecule has 0 aliphatic carbocycles. The van der Waals surface area contributed by atoms with Crippen molar-refractivity contribution < 1.29 is 31.5 Å². The number of carbonyl (C=O) groups is 1. The highest BCUT2D eigenvalue weighted by Gasteiger charge is 2.65. The van der Waals surface area contributed by atoms with Crippen molar-refractivity contribution in [1.82, 2.24) is 14.5 Å². The van der Waals surface area contributed by atoms with Crippen LogP contribution in [0, 0.1) is 5.41 Å². The maximum atomic E-state index is 12.9. The molecule has 0 radical (unpaired) electrons. The molecule has 1 unspecified atom stereocenters. The zero-order valence-corrected chi connectivity index (χ0v) is 10.7. The van der Waals surface area contributed by atoms with Crippen molar-refractivity contribution in [3.05, 3.63) is 12.3 Å². The van der Waals surface area contributed by atoms with E-state index in [0.29, 0.717) is 4.31 Å². The minimum atomic E-state index is -5.03. The van der Waals surface area contributed by atoms with Crippen molar-refractivity contribution in [1.29, 1.82) is 0 Å². The first-order valence-electron chi connectivity index (χ1n) is 5.41. The lowest BCUT2D eigenvalue weighted by Crippen LogP contribution is -2.47. The predicted molar refractivity (Wildman–Crippen MR) is 58.1 cm³/mol. The molecule has 2 N–H and O–H groups in total. The van der Waals surface area contributed by atoms with Gasteiger partial charge in [-0.3, -0.25) is 9.89 Å². The average molecular weight is 313 g/mol. The van der Waals surface area contributed by atoms with Crippen LogP contribution in [-0.4, -0.2) is 53.3 Å². The van der Waals surface area contributed by atoms with Crippen molar-refractivity contribution in [3.63, 3.8) is 0 Å². The molecule has 1 aromatic heterocycles. The molecule has 1 fully saturated rings. The summed E-state index contributed by atoms with van der Waals surface area (Å²) in [5, 5.41) is 14.0. The average Bonchev–Trinajstić information content (AvgIpc) is 2.99. The zero-order valence-electron chi connectivity index (χ0n) is 9.88. The number of aliphatic carboxylic acids is 1. The molecule has 2 heterocycles. The molecule has 0 aromatic carbocycles. The van der Waals surface area contributed by atoms with Crippen molar-refractivity contribution in [2.45, 2.75) is 17.6 Å². The highest BCUT2D eigenvalue weighted by molar-refractivity contribution is 7.89. The Morgan fingerprint density at radius 2 is 2.15 bits per heavy atom. The fraction of sp³-hybridized carbons (Fsp3) is 0.556. The molecule has 1 aliphatic heterocycles. The van der Waals surface area contributed by atoms with E-state index in [0.717, 1.165) is 12.3 Å². The number of aromatic amines is 1. The van der Waals surface area contributed by atoms with Crippen molar-refractivity contribution in [3.8, 4) is 0 Å². The lowest BCUT2D eigenvalue weighted by molar-refractivity contribution is -0.226. The number of hydrogen-bond donors (Lipinski definition) is 2. The van der Waals surface area contributed by atoms with E-state index in [1.54, 1.807) is 0 Å². The lowest BCUT2D eigenvalue weighted by atomic mass is 9.86. The standard InChI is InChI=1S/C9H10F3N3O4S/c10-9(11,12)8(7(16)17)2-4-15(5-8)20(18,19)6-1-3-13-14-6/h1,3H,2,4-5H2,(H,13,14)(H,16,17). The third-order valence-corrected chi connectivity index (χ3v) is 5.05. The third kappa shape index (κ3) is 2.06. The van der Waals surface area contributed by atoms with Crippen LogP contribution in [0.15, 0.2) is 17.3 Å². The number of nitrogens with zero attached hydrogens (tertiary/aromatic N) is 2. The number of halogens is 3. The van der Waals surface area contributed by atoms with Gasteiger partial charge in [0.05, 0.1) is 6.20 Å². The van der Waals surface area contributed by atoms with Crippen molar-refractivity contribution >= 4 is 16.0 Å². The first kappa shape index (κ1) is 14.8. The summed E-state index contributed by atoms with van der Waals surface area (Å²) in [6.45, 7) is -1.67. The molecule has 0 spiro atoms. The van der Waals surface area contributed by atoms with Gasteiger partial charge < -0.3 is 5.11 Å². The SMILES string of the molecule is O=C(O)C1(C(F)(F)F)CCN(S(=O)(=O)c2ccn[nH]2)C1. The Morgan fingerprint density at radius 1 is 1.50 bits per heavy atom. The van der Waals surface area contributed by atoms with Gasteiger partial charge in [0.1, 0.15) is 0 Å². The summed E-state index contributed by atoms with van der Waals surface area (Å²) < 4.78 is 63.4. The Kier molecular flexibility index (Phi) is 3.29. The molecule has 1 atom stereocenters. The topological polar surface area (TPSA) is 103 Å². The van der Waals surface area contributed by atoms with E-state index in [4.69, 9.17) is 5.11 Å². The molecule has 2 rings (SSSR count). The normalized spacial score (nSPS) is 24.9. The number of aromatic nitrogens is 2. The smallest absolute Gasteiger partial charge is 0.406 e. The molecule has 0 saturated carbocycles. The van der Waals surface area contributed by atoms with Crippen LogP contribution in [0.1, 0.15) is 6.42 Å². The minimum absolute atomic E-state index is 0.374. The van der Waals surface area contributed by atoms with Gasteiger partial charge in [0, 0.05) is 13.1 Å². The summed E-state index contributed by atoms with van der Waals surface area (Å²) >= 11 is 0. The number of carboxylic acids is 1. The van der Waals surface area contributed by atoms with Crippen LogP contribution in [0.4, 0.5) is 13.2 Å². The van der Waals surface area contributed by atoms with Crippen molar-refractivity contribution in [2.24, 2.45) is 5.41 Å². The molecule has 112 valence electrons. The number of H-pyrrole nitrogens is 1. The van der Waals surface area contributed by atoms with Crippen LogP contribution in [0.2, 0.25) is 0 Å². The van der Waals surface area contributed by atoms with Gasteiger partial charge in [-0.2, -0.15) is 22.6 Å². The third-order valence-electron chi connectivity index (χ3n) is 3.28. The summed E-state index contributed by atoms with van der Waals surface area (Å²) in [5.74, 6) is -2.08. The van der Waals surface area contributed by atoms with E-state index in [1.807, 2.05) is 0 Å². The fourth-order valence-corrected chi connectivity index (χ4v) is 3.43. The van der Waals surface area contributed by atoms with E-state index < -0.39 is 47.1 Å². The van der Waals surface area contributed by atoms with E-state index in [2.05, 4.69) is 10.2 Å². The summed E-state index contributed by atoms with van der Waals surface area (Å²) in [7, 11) is -4.21. The van der Waals surface area contributed by atoms with Crippen LogP contribution in [0.3, 0.4) is 0 Å². The molecular weight excluding hydrogens is 303 g/mol. The first-order valence-corrected chi connectivity index (χ1v) is 6.85. The summed E-state index contributed by atoms with van der Waals surface area (Å²) in [5.41, 5.74) is -3.07. The van der Waals surface area contributed by atoms with Crippen LogP contribution in [0.5, 0.6) is 0 Å². The fourth-order valence-electron chi connectivity index (χ4n) is 2.03. The number of rotatable bonds is 3. The number of sulfonamides is 1. The largest absolute Gasteiger partial charge is 0.481 e. The Morgan fingerprint density at radius 3 is 2.55 bits per heavy atom. The van der Waals surface area contributed by atoms with Gasteiger partial charge in [-0.15, -0.1) is 0 Å². The van der Waals surface area contributed by atoms with E-state index >= 15 is 0 Å². The summed E-state index contributed by atoms with van der Waals surface area (Å²) in [4.78, 5) is 11.0. The van der Waals surface area contributed by atoms with Gasteiger partial charge in [0.15, 0.2) is 10.4 Å². The van der Waals surface area contributed by atoms with E-state index in [9.17, 15) is 26.4 Å². The molecular formula is C9H10F3N3O4S.